The van der Waals surface area contributed by atoms with E-state index in [9.17, 15) is 23.3 Å². The van der Waals surface area contributed by atoms with Gasteiger partial charge in [0.05, 0.1) is 11.5 Å². The van der Waals surface area contributed by atoms with Gasteiger partial charge in [-0.1, -0.05) is 0 Å². The fourth-order valence-electron chi connectivity index (χ4n) is 1.07. The number of nitro benzene ring substituents is 1. The van der Waals surface area contributed by atoms with Gasteiger partial charge < -0.3 is 5.73 Å². The minimum absolute atomic E-state index is 0.422. The molecule has 2 N–H and O–H groups in total. The molecule has 0 saturated carbocycles. The lowest BCUT2D eigenvalue weighted by Crippen LogP contribution is -2.26. The average molecular weight is 220 g/mol. The fraction of sp³-hybridized carbons (Fsp3) is 0.250. The van der Waals surface area contributed by atoms with Gasteiger partial charge in [-0.3, -0.25) is 10.1 Å². The Morgan fingerprint density at radius 2 is 2.07 bits per heavy atom. The average Bonchev–Trinajstić information content (AvgIpc) is 2.17. The third-order valence-corrected chi connectivity index (χ3v) is 1.81. The third kappa shape index (κ3) is 2.24. The molecule has 1 aromatic carbocycles. The van der Waals surface area contributed by atoms with Crippen molar-refractivity contribution < 1.29 is 18.1 Å². The highest BCUT2D eigenvalue weighted by Crippen LogP contribution is 2.34. The Morgan fingerprint density at radius 1 is 1.47 bits per heavy atom. The summed E-state index contributed by atoms with van der Waals surface area (Å²) in [6.07, 6.45) is 0. The molecule has 0 bridgehead atoms. The zero-order valence-electron chi connectivity index (χ0n) is 7.41. The maximum Gasteiger partial charge on any atom is 0.291 e. The zero-order chi connectivity index (χ0) is 11.6. The van der Waals surface area contributed by atoms with Gasteiger partial charge in [0.2, 0.25) is 0 Å². The van der Waals surface area contributed by atoms with Gasteiger partial charge in [-0.15, -0.1) is 0 Å². The molecule has 0 unspecified atom stereocenters. The molecule has 0 fully saturated rings. The van der Waals surface area contributed by atoms with E-state index < -0.39 is 34.5 Å². The first-order valence-electron chi connectivity index (χ1n) is 3.91. The van der Waals surface area contributed by atoms with Crippen molar-refractivity contribution in [2.24, 2.45) is 5.73 Å². The lowest BCUT2D eigenvalue weighted by atomic mass is 10.1. The van der Waals surface area contributed by atoms with Crippen molar-refractivity contribution in [2.75, 3.05) is 6.54 Å². The summed E-state index contributed by atoms with van der Waals surface area (Å²) in [6.45, 7) is -1.11. The second-order valence-electron chi connectivity index (χ2n) is 2.83. The van der Waals surface area contributed by atoms with Crippen LogP contribution in [0.5, 0.6) is 0 Å². The molecular weight excluding hydrogens is 213 g/mol. The summed E-state index contributed by atoms with van der Waals surface area (Å²) >= 11 is 0. The first-order chi connectivity index (χ1) is 6.88. The van der Waals surface area contributed by atoms with E-state index in [1.165, 1.54) is 0 Å². The van der Waals surface area contributed by atoms with Gasteiger partial charge in [0.15, 0.2) is 0 Å². The number of alkyl halides is 2. The highest BCUT2D eigenvalue weighted by molar-refractivity contribution is 5.43. The lowest BCUT2D eigenvalue weighted by molar-refractivity contribution is -0.387. The molecule has 1 rings (SSSR count). The number of rotatable bonds is 3. The van der Waals surface area contributed by atoms with Crippen LogP contribution < -0.4 is 5.73 Å². The van der Waals surface area contributed by atoms with Crippen LogP contribution in [-0.2, 0) is 5.92 Å². The van der Waals surface area contributed by atoms with Crippen molar-refractivity contribution in [1.29, 1.82) is 0 Å². The van der Waals surface area contributed by atoms with E-state index in [2.05, 4.69) is 0 Å². The van der Waals surface area contributed by atoms with E-state index in [4.69, 9.17) is 5.73 Å². The molecule has 0 aliphatic carbocycles. The number of nitrogens with zero attached hydrogens (tertiary/aromatic N) is 1. The molecule has 4 nitrogen and oxygen atoms in total. The van der Waals surface area contributed by atoms with Crippen LogP contribution in [-0.4, -0.2) is 11.5 Å². The van der Waals surface area contributed by atoms with E-state index in [1.807, 2.05) is 0 Å². The SMILES string of the molecule is NCC(F)(F)c1cc(F)ccc1[N+](=O)[O-]. The normalized spacial score (nSPS) is 11.5. The monoisotopic (exact) mass is 220 g/mol. The van der Waals surface area contributed by atoms with Crippen LogP contribution in [0.25, 0.3) is 0 Å². The van der Waals surface area contributed by atoms with Crippen LogP contribution in [0, 0.1) is 15.9 Å². The standard InChI is InChI=1S/C8H7F3N2O2/c9-5-1-2-7(13(14)15)6(3-5)8(10,11)4-12/h1-3H,4,12H2. The van der Waals surface area contributed by atoms with Crippen LogP contribution in [0.1, 0.15) is 5.56 Å². The molecule has 7 heteroatoms. The van der Waals surface area contributed by atoms with Crippen LogP contribution in [0.4, 0.5) is 18.9 Å². The predicted octanol–water partition coefficient (Wildman–Crippen LogP) is 1.78. The van der Waals surface area contributed by atoms with E-state index in [-0.39, 0.29) is 0 Å². The molecule has 0 atom stereocenters. The lowest BCUT2D eigenvalue weighted by Gasteiger charge is -2.13. The van der Waals surface area contributed by atoms with Crippen LogP contribution >= 0.6 is 0 Å². The Kier molecular flexibility index (Phi) is 2.94. The molecule has 1 aromatic rings. The molecule has 0 heterocycles. The predicted molar refractivity (Wildman–Crippen MR) is 46.0 cm³/mol. The highest BCUT2D eigenvalue weighted by Gasteiger charge is 2.37. The Morgan fingerprint density at radius 3 is 2.53 bits per heavy atom. The summed E-state index contributed by atoms with van der Waals surface area (Å²) in [7, 11) is 0. The van der Waals surface area contributed by atoms with Crippen LogP contribution in [0.3, 0.4) is 0 Å². The van der Waals surface area contributed by atoms with Crippen molar-refractivity contribution in [3.8, 4) is 0 Å². The van der Waals surface area contributed by atoms with Crippen molar-refractivity contribution in [1.82, 2.24) is 0 Å². The smallest absolute Gasteiger partial charge is 0.291 e. The summed E-state index contributed by atoms with van der Waals surface area (Å²) in [5.74, 6) is -4.58. The van der Waals surface area contributed by atoms with E-state index >= 15 is 0 Å². The quantitative estimate of drug-likeness (QED) is 0.623. The van der Waals surface area contributed by atoms with Crippen molar-refractivity contribution in [3.05, 3.63) is 39.7 Å². The van der Waals surface area contributed by atoms with Gasteiger partial charge in [-0.25, -0.2) is 4.39 Å². The Bertz CT molecular complexity index is 395. The molecular formula is C8H7F3N2O2. The largest absolute Gasteiger partial charge is 0.325 e. The van der Waals surface area contributed by atoms with E-state index in [0.717, 1.165) is 6.07 Å². The molecule has 0 saturated heterocycles. The second kappa shape index (κ2) is 3.85. The number of hydrogen-bond acceptors (Lipinski definition) is 3. The number of benzene rings is 1. The first-order valence-corrected chi connectivity index (χ1v) is 3.91. The second-order valence-corrected chi connectivity index (χ2v) is 2.83. The number of hydrogen-bond donors (Lipinski definition) is 1. The number of nitrogens with two attached hydrogens (primary N) is 1. The molecule has 0 amide bonds. The molecule has 0 aliphatic heterocycles. The minimum atomic E-state index is -3.61. The van der Waals surface area contributed by atoms with Gasteiger partial charge in [0.25, 0.3) is 11.6 Å². The van der Waals surface area contributed by atoms with E-state index in [0.29, 0.717) is 12.1 Å². The fourth-order valence-corrected chi connectivity index (χ4v) is 1.07. The molecule has 0 aromatic heterocycles. The van der Waals surface area contributed by atoms with Gasteiger partial charge in [-0.05, 0) is 12.1 Å². The third-order valence-electron chi connectivity index (χ3n) is 1.81. The van der Waals surface area contributed by atoms with Gasteiger partial charge >= 0.3 is 0 Å². The maximum atomic E-state index is 13.1. The van der Waals surface area contributed by atoms with Crippen molar-refractivity contribution >= 4 is 5.69 Å². The molecule has 82 valence electrons. The van der Waals surface area contributed by atoms with Crippen molar-refractivity contribution in [3.63, 3.8) is 0 Å². The van der Waals surface area contributed by atoms with Crippen LogP contribution in [0.2, 0.25) is 0 Å². The summed E-state index contributed by atoms with van der Waals surface area (Å²) in [5.41, 5.74) is 2.92. The molecule has 15 heavy (non-hydrogen) atoms. The summed E-state index contributed by atoms with van der Waals surface area (Å²) in [6, 6.07) is 1.85. The number of halogens is 3. The number of nitro groups is 1. The van der Waals surface area contributed by atoms with Gasteiger partial charge in [0.1, 0.15) is 11.4 Å². The molecule has 0 radical (unpaired) electrons. The zero-order valence-corrected chi connectivity index (χ0v) is 7.41. The summed E-state index contributed by atoms with van der Waals surface area (Å²) < 4.78 is 38.9. The van der Waals surface area contributed by atoms with Crippen LogP contribution in [0.15, 0.2) is 18.2 Å². The highest BCUT2D eigenvalue weighted by atomic mass is 19.3. The van der Waals surface area contributed by atoms with E-state index in [1.54, 1.807) is 0 Å². The first kappa shape index (κ1) is 11.4. The Hall–Kier alpha value is -1.63. The van der Waals surface area contributed by atoms with Gasteiger partial charge in [0, 0.05) is 6.07 Å². The topological polar surface area (TPSA) is 69.2 Å². The molecule has 0 aliphatic rings. The summed E-state index contributed by atoms with van der Waals surface area (Å²) in [5, 5.41) is 10.4. The maximum absolute atomic E-state index is 13.1. The van der Waals surface area contributed by atoms with Crippen molar-refractivity contribution in [2.45, 2.75) is 5.92 Å². The Labute approximate surface area is 82.7 Å². The minimum Gasteiger partial charge on any atom is -0.325 e. The van der Waals surface area contributed by atoms with Gasteiger partial charge in [-0.2, -0.15) is 8.78 Å². The molecule has 0 spiro atoms. The Balaban J connectivity index is 3.37. The summed E-state index contributed by atoms with van der Waals surface area (Å²) in [4.78, 5) is 9.40.